The van der Waals surface area contributed by atoms with E-state index in [1.807, 2.05) is 12.1 Å². The maximum atomic E-state index is 13.3. The molecule has 0 saturated heterocycles. The van der Waals surface area contributed by atoms with Crippen LogP contribution in [0.1, 0.15) is 46.0 Å². The van der Waals surface area contributed by atoms with Gasteiger partial charge in [-0.25, -0.2) is 0 Å². The molecular formula is C26H26O5. The van der Waals surface area contributed by atoms with Crippen LogP contribution in [0.2, 0.25) is 0 Å². The van der Waals surface area contributed by atoms with Crippen LogP contribution < -0.4 is 4.74 Å². The number of ether oxygens (including phenoxy) is 1. The lowest BCUT2D eigenvalue weighted by molar-refractivity contribution is 0.0834. The fourth-order valence-corrected chi connectivity index (χ4v) is 4.02. The number of rotatable bonds is 8. The van der Waals surface area contributed by atoms with Gasteiger partial charge in [0.15, 0.2) is 11.6 Å². The maximum absolute atomic E-state index is 13.3. The van der Waals surface area contributed by atoms with Crippen molar-refractivity contribution in [2.45, 2.75) is 19.8 Å². The molecule has 0 heterocycles. The molecule has 0 radical (unpaired) electrons. The normalized spacial score (nSPS) is 12.9. The first-order valence-electron chi connectivity index (χ1n) is 10.1. The number of hydrogen-bond acceptors (Lipinski definition) is 5. The molecule has 2 N–H and O–H groups in total. The Kier molecular flexibility index (Phi) is 6.75. The van der Waals surface area contributed by atoms with Crippen molar-refractivity contribution >= 4 is 11.6 Å². The van der Waals surface area contributed by atoms with E-state index in [0.717, 1.165) is 5.56 Å². The van der Waals surface area contributed by atoms with E-state index in [1.165, 1.54) is 12.1 Å². The monoisotopic (exact) mass is 418 g/mol. The number of Topliss-reactive ketones (excluding diaryl/α,β-unsaturated/α-hetero) is 2. The van der Waals surface area contributed by atoms with Crippen molar-refractivity contribution in [3.63, 3.8) is 0 Å². The summed E-state index contributed by atoms with van der Waals surface area (Å²) < 4.78 is 5.23. The van der Waals surface area contributed by atoms with Crippen molar-refractivity contribution in [1.82, 2.24) is 0 Å². The Balaban J connectivity index is 2.03. The van der Waals surface area contributed by atoms with Crippen molar-refractivity contribution < 1.29 is 24.5 Å². The third kappa shape index (κ3) is 4.61. The zero-order valence-corrected chi connectivity index (χ0v) is 17.8. The van der Waals surface area contributed by atoms with Gasteiger partial charge in [0.05, 0.1) is 18.2 Å². The second kappa shape index (κ2) is 9.47. The number of phenols is 2. The lowest BCUT2D eigenvalue weighted by Crippen LogP contribution is -2.29. The molecule has 0 spiro atoms. The molecule has 0 aromatic heterocycles. The minimum atomic E-state index is -0.605. The van der Waals surface area contributed by atoms with Crippen LogP contribution in [0.4, 0.5) is 0 Å². The lowest BCUT2D eigenvalue weighted by atomic mass is 9.73. The first-order chi connectivity index (χ1) is 14.8. The van der Waals surface area contributed by atoms with Crippen molar-refractivity contribution in [3.8, 4) is 17.2 Å². The van der Waals surface area contributed by atoms with Crippen molar-refractivity contribution in [2.75, 3.05) is 7.11 Å². The van der Waals surface area contributed by atoms with E-state index in [9.17, 15) is 19.8 Å². The van der Waals surface area contributed by atoms with Gasteiger partial charge in [-0.1, -0.05) is 50.2 Å². The van der Waals surface area contributed by atoms with Crippen molar-refractivity contribution in [1.29, 1.82) is 0 Å². The molecule has 160 valence electrons. The van der Waals surface area contributed by atoms with E-state index < -0.39 is 17.8 Å². The Bertz CT molecular complexity index is 1010. The van der Waals surface area contributed by atoms with Gasteiger partial charge in [0.1, 0.15) is 17.2 Å². The van der Waals surface area contributed by atoms with Gasteiger partial charge < -0.3 is 14.9 Å². The molecule has 0 aliphatic carbocycles. The highest BCUT2D eigenvalue weighted by atomic mass is 16.5. The number of benzene rings is 3. The molecule has 5 nitrogen and oxygen atoms in total. The summed E-state index contributed by atoms with van der Waals surface area (Å²) >= 11 is 0. The quantitative estimate of drug-likeness (QED) is 0.490. The number of carbonyl (C=O) groups excluding carboxylic acids is 2. The van der Waals surface area contributed by atoms with Crippen LogP contribution in [0.15, 0.2) is 72.8 Å². The molecule has 0 aliphatic rings. The highest BCUT2D eigenvalue weighted by Gasteiger charge is 2.36. The van der Waals surface area contributed by atoms with Gasteiger partial charge in [-0.15, -0.1) is 0 Å². The van der Waals surface area contributed by atoms with Crippen molar-refractivity contribution in [2.24, 2.45) is 11.8 Å². The number of para-hydroxylation sites is 2. The highest BCUT2D eigenvalue weighted by molar-refractivity contribution is 6.03. The van der Waals surface area contributed by atoms with Crippen LogP contribution in [0.25, 0.3) is 0 Å². The third-order valence-electron chi connectivity index (χ3n) is 5.74. The minimum absolute atomic E-state index is 0.0903. The van der Waals surface area contributed by atoms with Crippen LogP contribution in [0.5, 0.6) is 17.2 Å². The fraction of sp³-hybridized carbons (Fsp3) is 0.231. The molecule has 2 atom stereocenters. The molecule has 0 unspecified atom stereocenters. The lowest BCUT2D eigenvalue weighted by Gasteiger charge is -2.29. The number of methoxy groups -OCH3 is 1. The summed E-state index contributed by atoms with van der Waals surface area (Å²) in [7, 11) is 1.57. The van der Waals surface area contributed by atoms with E-state index >= 15 is 0 Å². The first kappa shape index (κ1) is 22.1. The topological polar surface area (TPSA) is 83.8 Å². The molecular weight excluding hydrogens is 392 g/mol. The molecule has 0 fully saturated rings. The first-order valence-corrected chi connectivity index (χ1v) is 10.1. The molecule has 3 rings (SSSR count). The molecule has 0 bridgehead atoms. The average molecular weight is 418 g/mol. The van der Waals surface area contributed by atoms with Crippen molar-refractivity contribution in [3.05, 3.63) is 89.5 Å². The van der Waals surface area contributed by atoms with Gasteiger partial charge in [-0.05, 0) is 42.0 Å². The maximum Gasteiger partial charge on any atom is 0.170 e. The predicted molar refractivity (Wildman–Crippen MR) is 119 cm³/mol. The third-order valence-corrected chi connectivity index (χ3v) is 5.74. The molecule has 31 heavy (non-hydrogen) atoms. The van der Waals surface area contributed by atoms with Gasteiger partial charge in [-0.3, -0.25) is 9.59 Å². The molecule has 5 heteroatoms. The molecule has 3 aromatic rings. The zero-order valence-electron chi connectivity index (χ0n) is 17.8. The summed E-state index contributed by atoms with van der Waals surface area (Å²) in [4.78, 5) is 26.6. The largest absolute Gasteiger partial charge is 0.507 e. The molecule has 0 amide bonds. The Hall–Kier alpha value is -3.60. The van der Waals surface area contributed by atoms with Crippen LogP contribution in [0, 0.1) is 11.8 Å². The standard InChI is InChI=1S/C26H26O5/c1-16(25(29)20-8-4-6-10-22(20)27)24(18-12-14-19(31-3)15-13-18)17(2)26(30)21-9-5-7-11-23(21)28/h4-17,24,27-28H,1-3H3/t16-,17-/m0/s1. The van der Waals surface area contributed by atoms with Gasteiger partial charge in [0.2, 0.25) is 0 Å². The molecule has 0 saturated carbocycles. The summed E-state index contributed by atoms with van der Waals surface area (Å²) in [5.74, 6) is -1.71. The fourth-order valence-electron chi connectivity index (χ4n) is 4.02. The van der Waals surface area contributed by atoms with E-state index in [4.69, 9.17) is 4.74 Å². The zero-order chi connectivity index (χ0) is 22.5. The summed E-state index contributed by atoms with van der Waals surface area (Å²) in [6.45, 7) is 3.52. The van der Waals surface area contributed by atoms with Gasteiger partial charge in [0, 0.05) is 17.8 Å². The molecule has 0 aliphatic heterocycles. The number of phenolic OH excluding ortho intramolecular Hbond substituents is 2. The van der Waals surface area contributed by atoms with Crippen LogP contribution >= 0.6 is 0 Å². The minimum Gasteiger partial charge on any atom is -0.507 e. The average Bonchev–Trinajstić information content (AvgIpc) is 2.79. The van der Waals surface area contributed by atoms with Gasteiger partial charge >= 0.3 is 0 Å². The second-order valence-electron chi connectivity index (χ2n) is 7.64. The highest BCUT2D eigenvalue weighted by Crippen LogP contribution is 2.38. The van der Waals surface area contributed by atoms with Gasteiger partial charge in [0.25, 0.3) is 0 Å². The summed E-state index contributed by atoms with van der Waals surface area (Å²) in [6, 6.07) is 20.1. The summed E-state index contributed by atoms with van der Waals surface area (Å²) in [5.41, 5.74) is 1.24. The summed E-state index contributed by atoms with van der Waals surface area (Å²) in [6.07, 6.45) is 0. The Morgan fingerprint density at radius 3 is 1.52 bits per heavy atom. The van der Waals surface area contributed by atoms with Gasteiger partial charge in [-0.2, -0.15) is 0 Å². The molecule has 3 aromatic carbocycles. The Morgan fingerprint density at radius 1 is 0.710 bits per heavy atom. The Labute approximate surface area is 181 Å². The number of hydrogen-bond donors (Lipinski definition) is 2. The van der Waals surface area contributed by atoms with E-state index in [1.54, 1.807) is 69.5 Å². The number of ketones is 2. The van der Waals surface area contributed by atoms with E-state index in [0.29, 0.717) is 5.75 Å². The predicted octanol–water partition coefficient (Wildman–Crippen LogP) is 5.23. The van der Waals surface area contributed by atoms with Crippen LogP contribution in [0.3, 0.4) is 0 Å². The van der Waals surface area contributed by atoms with E-state index in [-0.39, 0.29) is 34.2 Å². The van der Waals surface area contributed by atoms with Crippen LogP contribution in [-0.2, 0) is 0 Å². The Morgan fingerprint density at radius 2 is 1.13 bits per heavy atom. The van der Waals surface area contributed by atoms with Crippen LogP contribution in [-0.4, -0.2) is 28.9 Å². The second-order valence-corrected chi connectivity index (χ2v) is 7.64. The van der Waals surface area contributed by atoms with E-state index in [2.05, 4.69) is 0 Å². The number of carbonyl (C=O) groups is 2. The SMILES string of the molecule is COc1ccc(C([C@H](C)C(=O)c2ccccc2O)[C@H](C)C(=O)c2ccccc2O)cc1. The number of aromatic hydroxyl groups is 2. The smallest absolute Gasteiger partial charge is 0.170 e. The summed E-state index contributed by atoms with van der Waals surface area (Å²) in [5, 5.41) is 20.4.